The fourth-order valence-corrected chi connectivity index (χ4v) is 2.30. The molecule has 3 rings (SSSR count). The van der Waals surface area contributed by atoms with Gasteiger partial charge in [-0.3, -0.25) is 0 Å². The van der Waals surface area contributed by atoms with E-state index < -0.39 is 0 Å². The first kappa shape index (κ1) is 10.8. The molecule has 3 heteroatoms. The first-order valence-electron chi connectivity index (χ1n) is 6.47. The summed E-state index contributed by atoms with van der Waals surface area (Å²) in [6, 6.07) is 8.36. The number of rotatable bonds is 5. The predicted octanol–water partition coefficient (Wildman–Crippen LogP) is 2.34. The zero-order chi connectivity index (χ0) is 11.7. The van der Waals surface area contributed by atoms with Crippen LogP contribution in [0.3, 0.4) is 0 Å². The minimum atomic E-state index is 0.954. The van der Waals surface area contributed by atoms with E-state index in [2.05, 4.69) is 40.0 Å². The van der Waals surface area contributed by atoms with Crippen LogP contribution in [-0.4, -0.2) is 22.6 Å². The number of para-hydroxylation sites is 2. The molecule has 1 aromatic heterocycles. The molecule has 2 aromatic rings. The molecule has 1 aliphatic carbocycles. The Morgan fingerprint density at radius 3 is 3.00 bits per heavy atom. The zero-order valence-corrected chi connectivity index (χ0v) is 10.3. The first-order chi connectivity index (χ1) is 8.34. The summed E-state index contributed by atoms with van der Waals surface area (Å²) < 4.78 is 2.30. The summed E-state index contributed by atoms with van der Waals surface area (Å²) in [4.78, 5) is 4.57. The highest BCUT2D eigenvalue weighted by Gasteiger charge is 2.20. The molecule has 0 spiro atoms. The third kappa shape index (κ3) is 2.34. The van der Waals surface area contributed by atoms with Crippen molar-refractivity contribution in [1.29, 1.82) is 0 Å². The number of aromatic nitrogens is 2. The fourth-order valence-electron chi connectivity index (χ4n) is 2.30. The van der Waals surface area contributed by atoms with Gasteiger partial charge in [-0.2, -0.15) is 0 Å². The smallest absolute Gasteiger partial charge is 0.106 e. The average molecular weight is 229 g/mol. The number of hydrogen-bond acceptors (Lipinski definition) is 2. The van der Waals surface area contributed by atoms with Gasteiger partial charge in [0.15, 0.2) is 0 Å². The Hall–Kier alpha value is -1.35. The number of aryl methyl sites for hydroxylation is 1. The Bertz CT molecular complexity index is 511. The van der Waals surface area contributed by atoms with E-state index in [0.29, 0.717) is 0 Å². The van der Waals surface area contributed by atoms with Gasteiger partial charge in [-0.25, -0.2) is 4.98 Å². The lowest BCUT2D eigenvalue weighted by molar-refractivity contribution is 0.576. The van der Waals surface area contributed by atoms with Crippen molar-refractivity contribution in [2.24, 2.45) is 5.92 Å². The van der Waals surface area contributed by atoms with Crippen molar-refractivity contribution < 1.29 is 0 Å². The molecule has 1 saturated carbocycles. The normalized spacial score (nSPS) is 15.6. The van der Waals surface area contributed by atoms with Crippen LogP contribution in [0.1, 0.15) is 18.7 Å². The molecule has 0 saturated heterocycles. The highest BCUT2D eigenvalue weighted by molar-refractivity contribution is 5.75. The number of nitrogens with zero attached hydrogens (tertiary/aromatic N) is 2. The second-order valence-corrected chi connectivity index (χ2v) is 4.95. The molecular weight excluding hydrogens is 210 g/mol. The molecule has 0 atom stereocenters. The molecule has 0 aliphatic heterocycles. The Labute approximate surface area is 102 Å². The van der Waals surface area contributed by atoms with Crippen LogP contribution >= 0.6 is 0 Å². The van der Waals surface area contributed by atoms with Crippen molar-refractivity contribution in [3.05, 3.63) is 30.1 Å². The lowest BCUT2D eigenvalue weighted by Crippen LogP contribution is -2.22. The van der Waals surface area contributed by atoms with Crippen LogP contribution < -0.4 is 5.32 Å². The molecule has 1 fully saturated rings. The maximum atomic E-state index is 4.57. The molecular formula is C14H19N3. The number of hydrogen-bond donors (Lipinski definition) is 1. The average Bonchev–Trinajstić information content (AvgIpc) is 3.09. The molecule has 1 aliphatic rings. The van der Waals surface area contributed by atoms with Crippen molar-refractivity contribution in [3.8, 4) is 0 Å². The molecule has 0 unspecified atom stereocenters. The Kier molecular flexibility index (Phi) is 2.85. The van der Waals surface area contributed by atoms with Crippen molar-refractivity contribution in [2.45, 2.75) is 26.3 Å². The van der Waals surface area contributed by atoms with Crippen LogP contribution in [0.4, 0.5) is 0 Å². The maximum absolute atomic E-state index is 4.57. The van der Waals surface area contributed by atoms with E-state index in [9.17, 15) is 0 Å². The van der Waals surface area contributed by atoms with Crippen molar-refractivity contribution in [2.75, 3.05) is 13.1 Å². The summed E-state index contributed by atoms with van der Waals surface area (Å²) in [5.41, 5.74) is 2.35. The van der Waals surface area contributed by atoms with Gasteiger partial charge in [0.1, 0.15) is 5.82 Å². The van der Waals surface area contributed by atoms with Crippen LogP contribution in [0.2, 0.25) is 0 Å². The monoisotopic (exact) mass is 229 g/mol. The standard InChI is InChI=1S/C14H19N3/c1-11-16-13-4-2-3-5-14(13)17(11)9-8-15-10-12-6-7-12/h2-5,12,15H,6-10H2,1H3. The van der Waals surface area contributed by atoms with E-state index in [0.717, 1.165) is 30.3 Å². The summed E-state index contributed by atoms with van der Waals surface area (Å²) in [5.74, 6) is 2.06. The van der Waals surface area contributed by atoms with Gasteiger partial charge in [-0.15, -0.1) is 0 Å². The third-order valence-corrected chi connectivity index (χ3v) is 3.49. The third-order valence-electron chi connectivity index (χ3n) is 3.49. The molecule has 3 nitrogen and oxygen atoms in total. The number of fused-ring (bicyclic) bond motifs is 1. The van der Waals surface area contributed by atoms with Crippen LogP contribution in [0, 0.1) is 12.8 Å². The van der Waals surface area contributed by atoms with Crippen LogP contribution in [0.5, 0.6) is 0 Å². The van der Waals surface area contributed by atoms with E-state index in [1.54, 1.807) is 0 Å². The summed E-state index contributed by atoms with van der Waals surface area (Å²) in [6.07, 6.45) is 2.83. The lowest BCUT2D eigenvalue weighted by Gasteiger charge is -2.07. The van der Waals surface area contributed by atoms with Gasteiger partial charge >= 0.3 is 0 Å². The van der Waals surface area contributed by atoms with Gasteiger partial charge in [-0.05, 0) is 44.4 Å². The highest BCUT2D eigenvalue weighted by Crippen LogP contribution is 2.27. The molecule has 1 aromatic carbocycles. The van der Waals surface area contributed by atoms with E-state index >= 15 is 0 Å². The zero-order valence-electron chi connectivity index (χ0n) is 10.3. The molecule has 0 bridgehead atoms. The summed E-state index contributed by atoms with van der Waals surface area (Å²) >= 11 is 0. The summed E-state index contributed by atoms with van der Waals surface area (Å²) in [6.45, 7) is 5.32. The fraction of sp³-hybridized carbons (Fsp3) is 0.500. The lowest BCUT2D eigenvalue weighted by atomic mass is 10.3. The SMILES string of the molecule is Cc1nc2ccccc2n1CCNCC1CC1. The summed E-state index contributed by atoms with van der Waals surface area (Å²) in [7, 11) is 0. The molecule has 0 amide bonds. The molecule has 1 N–H and O–H groups in total. The second-order valence-electron chi connectivity index (χ2n) is 4.95. The molecule has 0 radical (unpaired) electrons. The Morgan fingerprint density at radius 2 is 2.18 bits per heavy atom. The van der Waals surface area contributed by atoms with Gasteiger partial charge in [0.2, 0.25) is 0 Å². The minimum absolute atomic E-state index is 0.954. The first-order valence-corrected chi connectivity index (χ1v) is 6.47. The maximum Gasteiger partial charge on any atom is 0.106 e. The van der Waals surface area contributed by atoms with E-state index in [1.165, 1.54) is 24.9 Å². The van der Waals surface area contributed by atoms with Gasteiger partial charge < -0.3 is 9.88 Å². The predicted molar refractivity (Wildman–Crippen MR) is 70.1 cm³/mol. The number of nitrogens with one attached hydrogen (secondary N) is 1. The second kappa shape index (κ2) is 4.49. The minimum Gasteiger partial charge on any atom is -0.327 e. The Morgan fingerprint density at radius 1 is 1.35 bits per heavy atom. The topological polar surface area (TPSA) is 29.9 Å². The van der Waals surface area contributed by atoms with Crippen LogP contribution in [-0.2, 0) is 6.54 Å². The van der Waals surface area contributed by atoms with Crippen LogP contribution in [0.15, 0.2) is 24.3 Å². The summed E-state index contributed by atoms with van der Waals surface area (Å²) in [5, 5.41) is 3.53. The molecule has 17 heavy (non-hydrogen) atoms. The Balaban J connectivity index is 1.68. The number of imidazole rings is 1. The van der Waals surface area contributed by atoms with Gasteiger partial charge in [-0.1, -0.05) is 12.1 Å². The van der Waals surface area contributed by atoms with E-state index in [4.69, 9.17) is 0 Å². The van der Waals surface area contributed by atoms with E-state index in [-0.39, 0.29) is 0 Å². The highest BCUT2D eigenvalue weighted by atomic mass is 15.1. The van der Waals surface area contributed by atoms with Gasteiger partial charge in [0, 0.05) is 13.1 Å². The molecule has 90 valence electrons. The quantitative estimate of drug-likeness (QED) is 0.798. The van der Waals surface area contributed by atoms with Crippen molar-refractivity contribution >= 4 is 11.0 Å². The van der Waals surface area contributed by atoms with Crippen molar-refractivity contribution in [1.82, 2.24) is 14.9 Å². The number of benzene rings is 1. The van der Waals surface area contributed by atoms with Crippen molar-refractivity contribution in [3.63, 3.8) is 0 Å². The van der Waals surface area contributed by atoms with E-state index in [1.807, 2.05) is 6.07 Å². The van der Waals surface area contributed by atoms with Gasteiger partial charge in [0.05, 0.1) is 11.0 Å². The van der Waals surface area contributed by atoms with Crippen LogP contribution in [0.25, 0.3) is 11.0 Å². The molecule has 1 heterocycles. The van der Waals surface area contributed by atoms with Gasteiger partial charge in [0.25, 0.3) is 0 Å². The largest absolute Gasteiger partial charge is 0.327 e.